The second kappa shape index (κ2) is 9.72. The third-order valence-corrected chi connectivity index (χ3v) is 2.45. The van der Waals surface area contributed by atoms with Gasteiger partial charge in [-0.3, -0.25) is 4.79 Å². The van der Waals surface area contributed by atoms with E-state index < -0.39 is 12.0 Å². The summed E-state index contributed by atoms with van der Waals surface area (Å²) in [6.07, 6.45) is -0.688. The smallest absolute Gasteiger partial charge is 0.243 e. The normalized spacial score (nSPS) is 11.6. The first kappa shape index (κ1) is 16.9. The number of primary amides is 1. The summed E-state index contributed by atoms with van der Waals surface area (Å²) in [6, 6.07) is 8.74. The van der Waals surface area contributed by atoms with Gasteiger partial charge in [0.25, 0.3) is 0 Å². The largest absolute Gasteiger partial charge is 0.491 e. The van der Waals surface area contributed by atoms with Crippen LogP contribution in [0.4, 0.5) is 0 Å². The maximum atomic E-state index is 10.4. The molecule has 1 amide bonds. The Bertz CT molecular complexity index is 487. The Balaban J connectivity index is 2.12. The average molecular weight is 293 g/mol. The van der Waals surface area contributed by atoms with Crippen molar-refractivity contribution in [1.82, 2.24) is 5.32 Å². The number of nitrogens with zero attached hydrogens (tertiary/aromatic N) is 1. The molecule has 114 valence electrons. The maximum absolute atomic E-state index is 10.4. The zero-order valence-electron chi connectivity index (χ0n) is 11.6. The monoisotopic (exact) mass is 293 g/mol. The standard InChI is InChI=1S/C14H19N3O4/c15-7-11-2-1-3-13(6-11)21-9-12(18)8-17-4-5-20-10-14(16)19/h1-3,6,12,17-18H,4-5,8-10H2,(H2,16,19). The van der Waals surface area contributed by atoms with E-state index in [0.717, 1.165) is 0 Å². The third kappa shape index (κ3) is 7.89. The summed E-state index contributed by atoms with van der Waals surface area (Å²) in [5.41, 5.74) is 5.42. The summed E-state index contributed by atoms with van der Waals surface area (Å²) >= 11 is 0. The van der Waals surface area contributed by atoms with Gasteiger partial charge >= 0.3 is 0 Å². The van der Waals surface area contributed by atoms with Crippen molar-refractivity contribution < 1.29 is 19.4 Å². The van der Waals surface area contributed by atoms with Gasteiger partial charge in [0, 0.05) is 13.1 Å². The van der Waals surface area contributed by atoms with E-state index in [1.54, 1.807) is 24.3 Å². The van der Waals surface area contributed by atoms with Gasteiger partial charge in [-0.05, 0) is 18.2 Å². The molecule has 4 N–H and O–H groups in total. The quantitative estimate of drug-likeness (QED) is 0.495. The van der Waals surface area contributed by atoms with Gasteiger partial charge < -0.3 is 25.6 Å². The summed E-state index contributed by atoms with van der Waals surface area (Å²) in [4.78, 5) is 10.4. The number of hydrogen-bond acceptors (Lipinski definition) is 6. The minimum Gasteiger partial charge on any atom is -0.491 e. The van der Waals surface area contributed by atoms with Crippen LogP contribution in [0.2, 0.25) is 0 Å². The topological polar surface area (TPSA) is 118 Å². The summed E-state index contributed by atoms with van der Waals surface area (Å²) in [5, 5.41) is 21.4. The minimum absolute atomic E-state index is 0.109. The van der Waals surface area contributed by atoms with Crippen LogP contribution in [-0.2, 0) is 9.53 Å². The number of ether oxygens (including phenoxy) is 2. The van der Waals surface area contributed by atoms with Gasteiger partial charge in [-0.2, -0.15) is 5.26 Å². The summed E-state index contributed by atoms with van der Waals surface area (Å²) in [6.45, 7) is 1.17. The third-order valence-electron chi connectivity index (χ3n) is 2.45. The van der Waals surface area contributed by atoms with Crippen LogP contribution in [0, 0.1) is 11.3 Å². The van der Waals surface area contributed by atoms with Crippen molar-refractivity contribution in [2.24, 2.45) is 5.73 Å². The van der Waals surface area contributed by atoms with Gasteiger partial charge in [0.15, 0.2) is 0 Å². The molecule has 0 spiro atoms. The number of aliphatic hydroxyl groups excluding tert-OH is 1. The highest BCUT2D eigenvalue weighted by molar-refractivity contribution is 5.74. The molecule has 7 heteroatoms. The first-order valence-electron chi connectivity index (χ1n) is 6.49. The van der Waals surface area contributed by atoms with E-state index in [-0.39, 0.29) is 13.2 Å². The van der Waals surface area contributed by atoms with Gasteiger partial charge in [0.05, 0.1) is 18.2 Å². The Hall–Kier alpha value is -2.14. The molecule has 21 heavy (non-hydrogen) atoms. The predicted molar refractivity (Wildman–Crippen MR) is 75.5 cm³/mol. The molecule has 0 aliphatic carbocycles. The molecule has 1 atom stereocenters. The molecule has 7 nitrogen and oxygen atoms in total. The molecule has 0 radical (unpaired) electrons. The molecular formula is C14H19N3O4. The number of nitriles is 1. The van der Waals surface area contributed by atoms with Crippen molar-refractivity contribution in [2.75, 3.05) is 32.9 Å². The Kier molecular flexibility index (Phi) is 7.82. The molecule has 0 aromatic heterocycles. The molecule has 1 aromatic carbocycles. The van der Waals surface area contributed by atoms with Gasteiger partial charge in [-0.1, -0.05) is 6.07 Å². The second-order valence-electron chi connectivity index (χ2n) is 4.33. The van der Waals surface area contributed by atoms with E-state index in [1.165, 1.54) is 0 Å². The van der Waals surface area contributed by atoms with Crippen LogP contribution in [0.1, 0.15) is 5.56 Å². The fourth-order valence-corrected chi connectivity index (χ4v) is 1.49. The predicted octanol–water partition coefficient (Wildman–Crippen LogP) is -0.611. The minimum atomic E-state index is -0.688. The lowest BCUT2D eigenvalue weighted by atomic mass is 10.2. The van der Waals surface area contributed by atoms with Crippen molar-refractivity contribution >= 4 is 5.91 Å². The van der Waals surface area contributed by atoms with E-state index in [0.29, 0.717) is 31.0 Å². The zero-order chi connectivity index (χ0) is 15.5. The summed E-state index contributed by atoms with van der Waals surface area (Å²) in [7, 11) is 0. The van der Waals surface area contributed by atoms with Gasteiger partial charge in [-0.25, -0.2) is 0 Å². The van der Waals surface area contributed by atoms with Crippen molar-refractivity contribution in [2.45, 2.75) is 6.10 Å². The lowest BCUT2D eigenvalue weighted by Crippen LogP contribution is -2.33. The summed E-state index contributed by atoms with van der Waals surface area (Å²) < 4.78 is 10.3. The molecule has 1 unspecified atom stereocenters. The summed E-state index contributed by atoms with van der Waals surface area (Å²) in [5.74, 6) is 0.0286. The number of hydrogen-bond donors (Lipinski definition) is 3. The van der Waals surface area contributed by atoms with Crippen molar-refractivity contribution in [3.05, 3.63) is 29.8 Å². The molecule has 0 aliphatic rings. The van der Waals surface area contributed by atoms with Crippen LogP contribution in [-0.4, -0.2) is 50.0 Å². The molecule has 0 heterocycles. The number of nitrogens with one attached hydrogen (secondary N) is 1. The number of amides is 1. The lowest BCUT2D eigenvalue weighted by molar-refractivity contribution is -0.122. The number of nitrogens with two attached hydrogens (primary N) is 1. The molecule has 0 saturated heterocycles. The Morgan fingerprint density at radius 2 is 2.33 bits per heavy atom. The highest BCUT2D eigenvalue weighted by atomic mass is 16.5. The molecule has 0 fully saturated rings. The lowest BCUT2D eigenvalue weighted by Gasteiger charge is -2.13. The van der Waals surface area contributed by atoms with Crippen molar-refractivity contribution in [1.29, 1.82) is 5.26 Å². The highest BCUT2D eigenvalue weighted by Gasteiger charge is 2.05. The second-order valence-corrected chi connectivity index (χ2v) is 4.33. The SMILES string of the molecule is N#Cc1cccc(OCC(O)CNCCOCC(N)=O)c1. The average Bonchev–Trinajstić information content (AvgIpc) is 2.48. The first-order chi connectivity index (χ1) is 10.1. The number of carbonyl (C=O) groups is 1. The van der Waals surface area contributed by atoms with Gasteiger partial charge in [0.2, 0.25) is 5.91 Å². The molecule has 0 bridgehead atoms. The van der Waals surface area contributed by atoms with Crippen LogP contribution in [0.5, 0.6) is 5.75 Å². The van der Waals surface area contributed by atoms with Crippen LogP contribution in [0.3, 0.4) is 0 Å². The molecular weight excluding hydrogens is 274 g/mol. The van der Waals surface area contributed by atoms with Crippen molar-refractivity contribution in [3.8, 4) is 11.8 Å². The van der Waals surface area contributed by atoms with Crippen LogP contribution >= 0.6 is 0 Å². The Morgan fingerprint density at radius 3 is 3.05 bits per heavy atom. The first-order valence-corrected chi connectivity index (χ1v) is 6.49. The van der Waals surface area contributed by atoms with E-state index in [2.05, 4.69) is 5.32 Å². The highest BCUT2D eigenvalue weighted by Crippen LogP contribution is 2.12. The van der Waals surface area contributed by atoms with Crippen LogP contribution in [0.15, 0.2) is 24.3 Å². The van der Waals surface area contributed by atoms with Crippen LogP contribution in [0.25, 0.3) is 0 Å². The molecule has 0 aliphatic heterocycles. The van der Waals surface area contributed by atoms with Crippen molar-refractivity contribution in [3.63, 3.8) is 0 Å². The number of rotatable bonds is 10. The van der Waals surface area contributed by atoms with Gasteiger partial charge in [-0.15, -0.1) is 0 Å². The molecule has 1 rings (SSSR count). The number of benzene rings is 1. The van der Waals surface area contributed by atoms with Gasteiger partial charge in [0.1, 0.15) is 25.1 Å². The number of carbonyl (C=O) groups excluding carboxylic acids is 1. The van der Waals surface area contributed by atoms with E-state index in [9.17, 15) is 9.90 Å². The number of aliphatic hydroxyl groups is 1. The van der Waals surface area contributed by atoms with E-state index in [1.807, 2.05) is 6.07 Å². The fourth-order valence-electron chi connectivity index (χ4n) is 1.49. The Labute approximate surface area is 123 Å². The Morgan fingerprint density at radius 1 is 1.52 bits per heavy atom. The van der Waals surface area contributed by atoms with Crippen LogP contribution < -0.4 is 15.8 Å². The maximum Gasteiger partial charge on any atom is 0.243 e. The van der Waals surface area contributed by atoms with E-state index >= 15 is 0 Å². The molecule has 1 aromatic rings. The molecule has 0 saturated carbocycles. The fraction of sp³-hybridized carbons (Fsp3) is 0.429. The van der Waals surface area contributed by atoms with E-state index in [4.69, 9.17) is 20.5 Å². The zero-order valence-corrected chi connectivity index (χ0v) is 11.6.